The predicted molar refractivity (Wildman–Crippen MR) is 97.9 cm³/mol. The second-order valence-electron chi connectivity index (χ2n) is 5.79. The second kappa shape index (κ2) is 6.03. The Labute approximate surface area is 140 Å². The van der Waals surface area contributed by atoms with Gasteiger partial charge in [-0.2, -0.15) is 0 Å². The Balaban J connectivity index is 1.57. The largest absolute Gasteiger partial charge is 0.320 e. The van der Waals surface area contributed by atoms with Crippen molar-refractivity contribution in [1.29, 1.82) is 0 Å². The molecule has 1 atom stereocenters. The molecule has 0 aliphatic carbocycles. The Kier molecular flexibility index (Phi) is 3.74. The van der Waals surface area contributed by atoms with Gasteiger partial charge in [0.15, 0.2) is 0 Å². The van der Waals surface area contributed by atoms with Crippen LogP contribution in [0.3, 0.4) is 0 Å². The molecule has 0 spiro atoms. The van der Waals surface area contributed by atoms with Crippen molar-refractivity contribution in [2.45, 2.75) is 13.0 Å². The van der Waals surface area contributed by atoms with Crippen molar-refractivity contribution >= 4 is 17.0 Å². The molecule has 0 bridgehead atoms. The van der Waals surface area contributed by atoms with Crippen molar-refractivity contribution in [3.63, 3.8) is 0 Å². The van der Waals surface area contributed by atoms with Gasteiger partial charge in [0.05, 0.1) is 11.7 Å². The highest BCUT2D eigenvalue weighted by Gasteiger charge is 2.17. The number of hydrazine groups is 1. The molecule has 114 valence electrons. The van der Waals surface area contributed by atoms with Crippen molar-refractivity contribution in [3.8, 4) is 11.1 Å². The monoisotopic (exact) mass is 318 g/mol. The smallest absolute Gasteiger partial charge is 0.0806 e. The molecule has 2 aromatic carbocycles. The summed E-state index contributed by atoms with van der Waals surface area (Å²) < 4.78 is 0. The summed E-state index contributed by atoms with van der Waals surface area (Å²) in [6.07, 6.45) is 2.24. The molecule has 23 heavy (non-hydrogen) atoms. The fourth-order valence-corrected chi connectivity index (χ4v) is 3.53. The van der Waals surface area contributed by atoms with Gasteiger partial charge in [0.2, 0.25) is 0 Å². The van der Waals surface area contributed by atoms with Gasteiger partial charge < -0.3 is 5.43 Å². The van der Waals surface area contributed by atoms with Crippen molar-refractivity contribution in [2.75, 3.05) is 0 Å². The van der Waals surface area contributed by atoms with Crippen LogP contribution >= 0.6 is 11.3 Å². The number of benzene rings is 2. The fraction of sp³-hybridized carbons (Fsp3) is 0.100. The highest BCUT2D eigenvalue weighted by Crippen LogP contribution is 2.28. The average molecular weight is 318 g/mol. The molecule has 1 unspecified atom stereocenters. The fourth-order valence-electron chi connectivity index (χ4n) is 2.78. The number of hydrogen-bond donors (Lipinski definition) is 2. The van der Waals surface area contributed by atoms with E-state index in [0.717, 1.165) is 5.70 Å². The molecule has 0 saturated heterocycles. The van der Waals surface area contributed by atoms with E-state index in [9.17, 15) is 0 Å². The Morgan fingerprint density at radius 1 is 0.826 bits per heavy atom. The van der Waals surface area contributed by atoms with E-state index in [2.05, 4.69) is 89.9 Å². The maximum Gasteiger partial charge on any atom is 0.0806 e. The van der Waals surface area contributed by atoms with Gasteiger partial charge in [-0.1, -0.05) is 60.2 Å². The van der Waals surface area contributed by atoms with E-state index in [4.69, 9.17) is 0 Å². The van der Waals surface area contributed by atoms with Crippen molar-refractivity contribution in [3.05, 3.63) is 88.1 Å². The Morgan fingerprint density at radius 2 is 1.48 bits per heavy atom. The molecule has 1 aliphatic heterocycles. The Morgan fingerprint density at radius 3 is 2.13 bits per heavy atom. The van der Waals surface area contributed by atoms with Gasteiger partial charge in [0.25, 0.3) is 0 Å². The van der Waals surface area contributed by atoms with E-state index >= 15 is 0 Å². The lowest BCUT2D eigenvalue weighted by Gasteiger charge is -2.07. The molecule has 3 aromatic rings. The van der Waals surface area contributed by atoms with Crippen molar-refractivity contribution in [1.82, 2.24) is 10.9 Å². The summed E-state index contributed by atoms with van der Waals surface area (Å²) in [5.41, 5.74) is 12.8. The summed E-state index contributed by atoms with van der Waals surface area (Å²) in [6, 6.07) is 21.9. The molecule has 0 saturated carbocycles. The number of thiophene rings is 1. The van der Waals surface area contributed by atoms with Gasteiger partial charge in [-0.05, 0) is 41.1 Å². The Bertz CT molecular complexity index is 815. The first kappa shape index (κ1) is 14.2. The number of rotatable bonds is 3. The van der Waals surface area contributed by atoms with Crippen LogP contribution in [0.4, 0.5) is 0 Å². The lowest BCUT2D eigenvalue weighted by molar-refractivity contribution is 0.623. The Hall–Kier alpha value is -2.36. The van der Waals surface area contributed by atoms with Crippen LogP contribution in [-0.2, 0) is 0 Å². The van der Waals surface area contributed by atoms with Crippen LogP contribution in [0, 0.1) is 6.92 Å². The second-order valence-corrected chi connectivity index (χ2v) is 6.77. The minimum absolute atomic E-state index is 0.252. The third-order valence-corrected chi connectivity index (χ3v) is 5.08. The van der Waals surface area contributed by atoms with Crippen LogP contribution < -0.4 is 10.9 Å². The summed E-state index contributed by atoms with van der Waals surface area (Å²) in [4.78, 5) is 1.32. The van der Waals surface area contributed by atoms with Gasteiger partial charge in [-0.25, -0.2) is 5.43 Å². The normalized spacial score (nSPS) is 16.9. The number of nitrogens with one attached hydrogen (secondary N) is 2. The standard InChI is InChI=1S/C20H18N2S/c1-14-4-6-15(7-5-14)16-8-10-17(11-9-16)18-13-19(22-21-18)20-3-2-12-23-20/h2-13,19,21-22H,1H3. The van der Waals surface area contributed by atoms with Gasteiger partial charge in [0, 0.05) is 4.88 Å². The summed E-state index contributed by atoms with van der Waals surface area (Å²) in [5.74, 6) is 0. The first-order valence-electron chi connectivity index (χ1n) is 7.74. The molecule has 4 rings (SSSR count). The zero-order valence-electron chi connectivity index (χ0n) is 12.9. The van der Waals surface area contributed by atoms with Crippen LogP contribution in [0.2, 0.25) is 0 Å². The molecule has 2 nitrogen and oxygen atoms in total. The van der Waals surface area contributed by atoms with Crippen LogP contribution in [0.1, 0.15) is 22.0 Å². The van der Waals surface area contributed by atoms with Crippen LogP contribution in [-0.4, -0.2) is 0 Å². The third kappa shape index (κ3) is 2.93. The summed E-state index contributed by atoms with van der Waals surface area (Å²) in [6.45, 7) is 2.11. The molecular weight excluding hydrogens is 300 g/mol. The summed E-state index contributed by atoms with van der Waals surface area (Å²) >= 11 is 1.77. The minimum Gasteiger partial charge on any atom is -0.320 e. The van der Waals surface area contributed by atoms with E-state index in [0.29, 0.717) is 0 Å². The highest BCUT2D eigenvalue weighted by molar-refractivity contribution is 7.10. The van der Waals surface area contributed by atoms with Crippen LogP contribution in [0.15, 0.2) is 72.1 Å². The lowest BCUT2D eigenvalue weighted by Crippen LogP contribution is -2.25. The van der Waals surface area contributed by atoms with Gasteiger partial charge in [-0.15, -0.1) is 11.3 Å². The van der Waals surface area contributed by atoms with Crippen molar-refractivity contribution < 1.29 is 0 Å². The zero-order chi connectivity index (χ0) is 15.6. The average Bonchev–Trinajstić information content (AvgIpc) is 3.27. The lowest BCUT2D eigenvalue weighted by atomic mass is 10.0. The highest BCUT2D eigenvalue weighted by atomic mass is 32.1. The molecule has 2 N–H and O–H groups in total. The topological polar surface area (TPSA) is 24.1 Å². The van der Waals surface area contributed by atoms with Crippen molar-refractivity contribution in [2.24, 2.45) is 0 Å². The van der Waals surface area contributed by atoms with E-state index in [1.807, 2.05) is 0 Å². The van der Waals surface area contributed by atoms with Crippen LogP contribution in [0.5, 0.6) is 0 Å². The third-order valence-electron chi connectivity index (χ3n) is 4.13. The zero-order valence-corrected chi connectivity index (χ0v) is 13.7. The molecule has 0 amide bonds. The molecule has 0 radical (unpaired) electrons. The van der Waals surface area contributed by atoms with E-state index in [1.165, 1.54) is 27.1 Å². The van der Waals surface area contributed by atoms with E-state index in [1.54, 1.807) is 11.3 Å². The van der Waals surface area contributed by atoms with Gasteiger partial charge >= 0.3 is 0 Å². The molecule has 2 heterocycles. The van der Waals surface area contributed by atoms with E-state index in [-0.39, 0.29) is 6.04 Å². The molecule has 1 aromatic heterocycles. The summed E-state index contributed by atoms with van der Waals surface area (Å²) in [7, 11) is 0. The van der Waals surface area contributed by atoms with Crippen LogP contribution in [0.25, 0.3) is 16.8 Å². The van der Waals surface area contributed by atoms with Gasteiger partial charge in [0.1, 0.15) is 0 Å². The minimum atomic E-state index is 0.252. The quantitative estimate of drug-likeness (QED) is 0.717. The van der Waals surface area contributed by atoms with E-state index < -0.39 is 0 Å². The summed E-state index contributed by atoms with van der Waals surface area (Å²) in [5, 5.41) is 2.11. The number of hydrogen-bond acceptors (Lipinski definition) is 3. The van der Waals surface area contributed by atoms with Gasteiger partial charge in [-0.3, -0.25) is 0 Å². The number of aryl methyl sites for hydroxylation is 1. The maximum atomic E-state index is 3.33. The molecule has 3 heteroatoms. The first-order valence-corrected chi connectivity index (χ1v) is 8.62. The maximum absolute atomic E-state index is 3.33. The molecule has 0 fully saturated rings. The predicted octanol–water partition coefficient (Wildman–Crippen LogP) is 4.91. The molecular formula is C20H18N2S. The SMILES string of the molecule is Cc1ccc(-c2ccc(C3=CC(c4cccs4)NN3)cc2)cc1. The first-order chi connectivity index (χ1) is 11.3. The molecule has 1 aliphatic rings.